The molecule has 0 atom stereocenters. The fraction of sp³-hybridized carbons (Fsp3) is 0.133. The maximum absolute atomic E-state index is 6.29. The van der Waals surface area contributed by atoms with Gasteiger partial charge in [0.2, 0.25) is 17.8 Å². The second kappa shape index (κ2) is 14.8. The summed E-state index contributed by atoms with van der Waals surface area (Å²) in [5.41, 5.74) is 5.15. The largest absolute Gasteiger partial charge is 0.497 e. The van der Waals surface area contributed by atoms with Crippen LogP contribution in [0.5, 0.6) is 17.2 Å². The molecule has 0 amide bonds. The minimum atomic E-state index is 0.208. The van der Waals surface area contributed by atoms with E-state index in [9.17, 15) is 0 Å². The van der Waals surface area contributed by atoms with E-state index in [1.54, 1.807) is 44.9 Å². The molecule has 0 spiro atoms. The average molecular weight is 699 g/mol. The zero-order valence-electron chi connectivity index (χ0n) is 23.5. The minimum absolute atomic E-state index is 0.208. The first-order chi connectivity index (χ1) is 21.4. The van der Waals surface area contributed by atoms with Gasteiger partial charge in [-0.25, -0.2) is 5.43 Å². The van der Waals surface area contributed by atoms with Crippen LogP contribution in [-0.2, 0) is 13.2 Å². The van der Waals surface area contributed by atoms with Crippen LogP contribution in [0.4, 0.5) is 23.5 Å². The molecule has 0 fully saturated rings. The predicted octanol–water partition coefficient (Wildman–Crippen LogP) is 7.93. The standard InChI is InChI=1S/C30H26BrCl2N7O4/c1-41-22-9-7-21(8-10-22)36-29-37-28(34-16-23-4-3-11-43-23)38-30(39-29)40-35-15-18-12-24(31)27(26(13-18)42-2)44-17-19-5-6-20(32)14-25(19)33/h3-15H,16-17H2,1-2H3,(H3,34,36,37,38,39,40). The van der Waals surface area contributed by atoms with Gasteiger partial charge in [-0.05, 0) is 82.2 Å². The number of furan rings is 1. The van der Waals surface area contributed by atoms with Crippen molar-refractivity contribution in [3.8, 4) is 17.2 Å². The van der Waals surface area contributed by atoms with E-state index in [1.165, 1.54) is 0 Å². The molecule has 0 aliphatic carbocycles. The lowest BCUT2D eigenvalue weighted by atomic mass is 10.2. The number of hydrogen-bond acceptors (Lipinski definition) is 11. The van der Waals surface area contributed by atoms with Gasteiger partial charge in [0.1, 0.15) is 18.1 Å². The molecule has 0 saturated heterocycles. The zero-order chi connectivity index (χ0) is 30.9. The monoisotopic (exact) mass is 697 g/mol. The van der Waals surface area contributed by atoms with Crippen molar-refractivity contribution in [2.75, 3.05) is 30.3 Å². The third kappa shape index (κ3) is 8.31. The first-order valence-electron chi connectivity index (χ1n) is 13.1. The second-order valence-electron chi connectivity index (χ2n) is 9.02. The van der Waals surface area contributed by atoms with Crippen LogP contribution in [-0.4, -0.2) is 35.4 Å². The van der Waals surface area contributed by atoms with Crippen molar-refractivity contribution in [3.63, 3.8) is 0 Å². The molecule has 11 nitrogen and oxygen atoms in total. The molecule has 0 aliphatic rings. The SMILES string of the molecule is COc1ccc(Nc2nc(NCc3ccco3)nc(NN=Cc3cc(Br)c(OCc4ccc(Cl)cc4Cl)c(OC)c3)n2)cc1. The summed E-state index contributed by atoms with van der Waals surface area (Å²) in [6, 6.07) is 19.9. The van der Waals surface area contributed by atoms with Gasteiger partial charge in [-0.1, -0.05) is 29.3 Å². The van der Waals surface area contributed by atoms with Crippen molar-refractivity contribution >= 4 is 68.9 Å². The molecule has 44 heavy (non-hydrogen) atoms. The van der Waals surface area contributed by atoms with Crippen LogP contribution in [0.1, 0.15) is 16.9 Å². The van der Waals surface area contributed by atoms with E-state index >= 15 is 0 Å². The Hall–Kier alpha value is -4.52. The van der Waals surface area contributed by atoms with Gasteiger partial charge in [0.05, 0.1) is 37.7 Å². The van der Waals surface area contributed by atoms with Gasteiger partial charge < -0.3 is 29.3 Å². The Morgan fingerprint density at radius 1 is 0.932 bits per heavy atom. The highest BCUT2D eigenvalue weighted by molar-refractivity contribution is 9.10. The maximum atomic E-state index is 6.29. The van der Waals surface area contributed by atoms with Gasteiger partial charge in [0.15, 0.2) is 11.5 Å². The number of rotatable bonds is 13. The number of ether oxygens (including phenoxy) is 3. The molecule has 14 heteroatoms. The summed E-state index contributed by atoms with van der Waals surface area (Å²) in [7, 11) is 3.17. The lowest BCUT2D eigenvalue weighted by Crippen LogP contribution is -2.09. The smallest absolute Gasteiger partial charge is 0.250 e. The summed E-state index contributed by atoms with van der Waals surface area (Å²) in [6.07, 6.45) is 3.20. The Morgan fingerprint density at radius 3 is 2.45 bits per heavy atom. The summed E-state index contributed by atoms with van der Waals surface area (Å²) in [5.74, 6) is 3.31. The van der Waals surface area contributed by atoms with Crippen LogP contribution in [0.2, 0.25) is 10.0 Å². The molecule has 5 rings (SSSR count). The number of benzene rings is 3. The van der Waals surface area contributed by atoms with Gasteiger partial charge in [0, 0.05) is 21.3 Å². The highest BCUT2D eigenvalue weighted by atomic mass is 79.9. The first kappa shape index (κ1) is 30.9. The number of halogens is 3. The molecule has 2 heterocycles. The Balaban J connectivity index is 1.31. The van der Waals surface area contributed by atoms with E-state index in [-0.39, 0.29) is 12.6 Å². The van der Waals surface area contributed by atoms with Crippen molar-refractivity contribution in [2.24, 2.45) is 5.10 Å². The highest BCUT2D eigenvalue weighted by Crippen LogP contribution is 2.37. The van der Waals surface area contributed by atoms with Crippen LogP contribution >= 0.6 is 39.1 Å². The fourth-order valence-electron chi connectivity index (χ4n) is 3.85. The number of anilines is 4. The summed E-state index contributed by atoms with van der Waals surface area (Å²) >= 11 is 15.9. The highest BCUT2D eigenvalue weighted by Gasteiger charge is 2.13. The van der Waals surface area contributed by atoms with E-state index in [4.69, 9.17) is 41.8 Å². The molecule has 3 aromatic carbocycles. The maximum Gasteiger partial charge on any atom is 0.250 e. The Bertz CT molecular complexity index is 1740. The fourth-order valence-corrected chi connectivity index (χ4v) is 4.89. The summed E-state index contributed by atoms with van der Waals surface area (Å²) in [4.78, 5) is 13.4. The van der Waals surface area contributed by atoms with Gasteiger partial charge in [-0.15, -0.1) is 0 Å². The van der Waals surface area contributed by atoms with Crippen molar-refractivity contribution in [3.05, 3.63) is 104 Å². The third-order valence-corrected chi connectivity index (χ3v) is 7.18. The van der Waals surface area contributed by atoms with Crippen LogP contribution in [0, 0.1) is 0 Å². The number of aromatic nitrogens is 3. The molecule has 226 valence electrons. The molecular weight excluding hydrogens is 673 g/mol. The molecule has 0 aliphatic heterocycles. The molecule has 5 aromatic rings. The van der Waals surface area contributed by atoms with E-state index in [0.29, 0.717) is 44.5 Å². The van der Waals surface area contributed by atoms with E-state index in [1.807, 2.05) is 48.5 Å². The van der Waals surface area contributed by atoms with Gasteiger partial charge in [-0.2, -0.15) is 20.1 Å². The van der Waals surface area contributed by atoms with Crippen molar-refractivity contribution in [2.45, 2.75) is 13.2 Å². The van der Waals surface area contributed by atoms with Gasteiger partial charge >= 0.3 is 0 Å². The summed E-state index contributed by atoms with van der Waals surface area (Å²) < 4.78 is 22.9. The van der Waals surface area contributed by atoms with Crippen LogP contribution in [0.25, 0.3) is 0 Å². The van der Waals surface area contributed by atoms with Crippen molar-refractivity contribution in [1.82, 2.24) is 15.0 Å². The van der Waals surface area contributed by atoms with Crippen LogP contribution in [0.3, 0.4) is 0 Å². The molecule has 0 radical (unpaired) electrons. The molecule has 2 aromatic heterocycles. The zero-order valence-corrected chi connectivity index (χ0v) is 26.6. The minimum Gasteiger partial charge on any atom is -0.497 e. The Morgan fingerprint density at radius 2 is 1.73 bits per heavy atom. The first-order valence-corrected chi connectivity index (χ1v) is 14.6. The molecule has 0 saturated carbocycles. The summed E-state index contributed by atoms with van der Waals surface area (Å²) in [6.45, 7) is 0.608. The molecule has 0 unspecified atom stereocenters. The number of nitrogens with zero attached hydrogens (tertiary/aromatic N) is 4. The number of hydrogen-bond donors (Lipinski definition) is 3. The quantitative estimate of drug-likeness (QED) is 0.0824. The third-order valence-electron chi connectivity index (χ3n) is 6.00. The Kier molecular flexibility index (Phi) is 10.4. The normalized spacial score (nSPS) is 10.9. The van der Waals surface area contributed by atoms with Crippen molar-refractivity contribution in [1.29, 1.82) is 0 Å². The van der Waals surface area contributed by atoms with E-state index < -0.39 is 0 Å². The number of hydrazone groups is 1. The number of nitrogens with one attached hydrogen (secondary N) is 3. The molecule has 0 bridgehead atoms. The lowest BCUT2D eigenvalue weighted by Gasteiger charge is -2.14. The molecular formula is C30H26BrCl2N7O4. The van der Waals surface area contributed by atoms with Gasteiger partial charge in [-0.3, -0.25) is 0 Å². The molecule has 3 N–H and O–H groups in total. The summed E-state index contributed by atoms with van der Waals surface area (Å²) in [5, 5.41) is 11.7. The van der Waals surface area contributed by atoms with Crippen LogP contribution < -0.4 is 30.3 Å². The topological polar surface area (TPSA) is 128 Å². The predicted molar refractivity (Wildman–Crippen MR) is 175 cm³/mol. The Labute approximate surface area is 271 Å². The van der Waals surface area contributed by atoms with E-state index in [0.717, 1.165) is 28.3 Å². The van der Waals surface area contributed by atoms with Crippen molar-refractivity contribution < 1.29 is 18.6 Å². The number of methoxy groups -OCH3 is 2. The van der Waals surface area contributed by atoms with Gasteiger partial charge in [0.25, 0.3) is 0 Å². The second-order valence-corrected chi connectivity index (χ2v) is 10.7. The van der Waals surface area contributed by atoms with Crippen LogP contribution in [0.15, 0.2) is 87.0 Å². The average Bonchev–Trinajstić information content (AvgIpc) is 3.54. The van der Waals surface area contributed by atoms with E-state index in [2.05, 4.69) is 52.0 Å². The lowest BCUT2D eigenvalue weighted by molar-refractivity contribution is 0.282.